The van der Waals surface area contributed by atoms with Crippen molar-refractivity contribution in [1.82, 2.24) is 4.57 Å². The summed E-state index contributed by atoms with van der Waals surface area (Å²) in [5.41, 5.74) is 11.8. The van der Waals surface area contributed by atoms with Crippen molar-refractivity contribution in [3.63, 3.8) is 0 Å². The molecule has 0 aliphatic carbocycles. The van der Waals surface area contributed by atoms with Crippen LogP contribution in [0.2, 0.25) is 0 Å². The van der Waals surface area contributed by atoms with E-state index < -0.39 is 0 Å². The lowest BCUT2D eigenvalue weighted by molar-refractivity contribution is 1.18. The number of nitrogens with zero attached hydrogens (tertiary/aromatic N) is 2. The van der Waals surface area contributed by atoms with Crippen LogP contribution in [0.1, 0.15) is 0 Å². The Kier molecular flexibility index (Phi) is 7.53. The minimum absolute atomic E-state index is 1.11. The molecule has 0 fully saturated rings. The van der Waals surface area contributed by atoms with Crippen LogP contribution < -0.4 is 4.90 Å². The van der Waals surface area contributed by atoms with Gasteiger partial charge in [-0.05, 0) is 92.2 Å². The summed E-state index contributed by atoms with van der Waals surface area (Å²) in [6.07, 6.45) is 0. The van der Waals surface area contributed by atoms with Gasteiger partial charge in [-0.25, -0.2) is 0 Å². The van der Waals surface area contributed by atoms with Gasteiger partial charge in [-0.1, -0.05) is 170 Å². The molecule has 1 heterocycles. The van der Waals surface area contributed by atoms with Gasteiger partial charge in [0.05, 0.1) is 22.4 Å². The third kappa shape index (κ3) is 5.26. The Morgan fingerprint density at radius 3 is 1.54 bits per heavy atom. The number of aromatic nitrogens is 1. The molecular formula is C54H36N2. The highest BCUT2D eigenvalue weighted by Gasteiger charge is 2.18. The van der Waals surface area contributed by atoms with E-state index in [1.54, 1.807) is 0 Å². The predicted molar refractivity (Wildman–Crippen MR) is 239 cm³/mol. The Morgan fingerprint density at radius 2 is 0.804 bits per heavy atom. The number of para-hydroxylation sites is 3. The summed E-state index contributed by atoms with van der Waals surface area (Å²) in [5.74, 6) is 0. The van der Waals surface area contributed by atoms with Crippen LogP contribution in [0, 0.1) is 0 Å². The zero-order chi connectivity index (χ0) is 37.0. The molecule has 11 aromatic rings. The average molecular weight is 713 g/mol. The van der Waals surface area contributed by atoms with E-state index in [4.69, 9.17) is 0 Å². The largest absolute Gasteiger partial charge is 0.310 e. The van der Waals surface area contributed by atoms with E-state index in [-0.39, 0.29) is 0 Å². The first kappa shape index (κ1) is 32.0. The van der Waals surface area contributed by atoms with Crippen LogP contribution in [0.5, 0.6) is 0 Å². The van der Waals surface area contributed by atoms with Gasteiger partial charge in [-0.2, -0.15) is 0 Å². The van der Waals surface area contributed by atoms with Gasteiger partial charge in [0.15, 0.2) is 0 Å². The molecule has 56 heavy (non-hydrogen) atoms. The van der Waals surface area contributed by atoms with E-state index in [1.807, 2.05) is 0 Å². The molecule has 11 rings (SSSR count). The van der Waals surface area contributed by atoms with Gasteiger partial charge in [-0.3, -0.25) is 0 Å². The maximum Gasteiger partial charge on any atom is 0.0541 e. The highest BCUT2D eigenvalue weighted by atomic mass is 15.1. The van der Waals surface area contributed by atoms with Crippen LogP contribution in [-0.2, 0) is 0 Å². The predicted octanol–water partition coefficient (Wildman–Crippen LogP) is 15.0. The second-order valence-electron chi connectivity index (χ2n) is 14.5. The normalized spacial score (nSPS) is 11.6. The molecule has 0 N–H and O–H groups in total. The van der Waals surface area contributed by atoms with Crippen LogP contribution in [0.15, 0.2) is 218 Å². The highest BCUT2D eigenvalue weighted by Crippen LogP contribution is 2.42. The summed E-state index contributed by atoms with van der Waals surface area (Å²) in [4.78, 5) is 2.40. The monoisotopic (exact) mass is 712 g/mol. The van der Waals surface area contributed by atoms with Gasteiger partial charge >= 0.3 is 0 Å². The zero-order valence-corrected chi connectivity index (χ0v) is 30.7. The molecule has 2 nitrogen and oxygen atoms in total. The summed E-state index contributed by atoms with van der Waals surface area (Å²) < 4.78 is 2.41. The van der Waals surface area contributed by atoms with Crippen molar-refractivity contribution in [3.05, 3.63) is 218 Å². The Balaban J connectivity index is 0.975. The molecule has 0 aliphatic rings. The first-order chi connectivity index (χ1) is 27.8. The summed E-state index contributed by atoms with van der Waals surface area (Å²) in [7, 11) is 0. The number of rotatable bonds is 6. The molecule has 0 atom stereocenters. The van der Waals surface area contributed by atoms with Crippen molar-refractivity contribution in [2.45, 2.75) is 0 Å². The summed E-state index contributed by atoms with van der Waals surface area (Å²) >= 11 is 0. The zero-order valence-electron chi connectivity index (χ0n) is 30.7. The Labute approximate surface area is 325 Å². The molecule has 1 aromatic heterocycles. The molecule has 0 spiro atoms. The van der Waals surface area contributed by atoms with E-state index >= 15 is 0 Å². The smallest absolute Gasteiger partial charge is 0.0541 e. The second-order valence-corrected chi connectivity index (χ2v) is 14.5. The Morgan fingerprint density at radius 1 is 0.304 bits per heavy atom. The Bertz CT molecular complexity index is 3180. The van der Waals surface area contributed by atoms with Crippen molar-refractivity contribution in [3.8, 4) is 27.9 Å². The third-order valence-corrected chi connectivity index (χ3v) is 11.4. The molecule has 0 unspecified atom stereocenters. The minimum Gasteiger partial charge on any atom is -0.310 e. The second kappa shape index (κ2) is 13.2. The molecule has 0 saturated carbocycles. The van der Waals surface area contributed by atoms with Crippen molar-refractivity contribution in [2.75, 3.05) is 4.90 Å². The molecule has 0 radical (unpaired) electrons. The molecule has 0 saturated heterocycles. The summed E-state index contributed by atoms with van der Waals surface area (Å²) in [6.45, 7) is 0. The van der Waals surface area contributed by atoms with Crippen molar-refractivity contribution >= 4 is 71.2 Å². The van der Waals surface area contributed by atoms with Gasteiger partial charge < -0.3 is 9.47 Å². The van der Waals surface area contributed by atoms with E-state index in [2.05, 4.69) is 228 Å². The van der Waals surface area contributed by atoms with Crippen LogP contribution >= 0.6 is 0 Å². The Hall–Kier alpha value is -7.42. The summed E-state index contributed by atoms with van der Waals surface area (Å²) in [6, 6.07) is 79.4. The number of anilines is 3. The van der Waals surface area contributed by atoms with Gasteiger partial charge in [0, 0.05) is 33.1 Å². The van der Waals surface area contributed by atoms with Crippen LogP contribution in [0.4, 0.5) is 17.1 Å². The third-order valence-electron chi connectivity index (χ3n) is 11.4. The van der Waals surface area contributed by atoms with E-state index in [0.717, 1.165) is 17.1 Å². The average Bonchev–Trinajstić information content (AvgIpc) is 3.61. The van der Waals surface area contributed by atoms with E-state index in [0.29, 0.717) is 0 Å². The first-order valence-corrected chi connectivity index (χ1v) is 19.3. The number of hydrogen-bond acceptors (Lipinski definition) is 1. The maximum absolute atomic E-state index is 2.41. The van der Waals surface area contributed by atoms with Gasteiger partial charge in [0.1, 0.15) is 0 Å². The lowest BCUT2D eigenvalue weighted by Crippen LogP contribution is -2.10. The van der Waals surface area contributed by atoms with Crippen LogP contribution in [-0.4, -0.2) is 4.57 Å². The molecule has 0 aliphatic heterocycles. The van der Waals surface area contributed by atoms with Gasteiger partial charge in [0.2, 0.25) is 0 Å². The quantitative estimate of drug-likeness (QED) is 0.156. The van der Waals surface area contributed by atoms with E-state index in [1.165, 1.54) is 82.1 Å². The number of hydrogen-bond donors (Lipinski definition) is 0. The molecule has 0 bridgehead atoms. The first-order valence-electron chi connectivity index (χ1n) is 19.3. The maximum atomic E-state index is 2.41. The molecular weight excluding hydrogens is 677 g/mol. The van der Waals surface area contributed by atoms with Crippen LogP contribution in [0.25, 0.3) is 82.1 Å². The molecule has 10 aromatic carbocycles. The fraction of sp³-hybridized carbons (Fsp3) is 0. The molecule has 0 amide bonds. The topological polar surface area (TPSA) is 8.17 Å². The SMILES string of the molecule is c1ccc(-n2c3ccccc3c3ccccc32)c(-c2ccc(-c3ccc(N(c4ccc5c(ccc6ccccc65)c4)c4cccc5ccccc45)cc3)cc2)c1. The molecule has 2 heteroatoms. The van der Waals surface area contributed by atoms with Crippen molar-refractivity contribution in [1.29, 1.82) is 0 Å². The van der Waals surface area contributed by atoms with Crippen molar-refractivity contribution in [2.24, 2.45) is 0 Å². The fourth-order valence-corrected chi connectivity index (χ4v) is 8.71. The lowest BCUT2D eigenvalue weighted by atomic mass is 9.98. The van der Waals surface area contributed by atoms with Crippen molar-refractivity contribution < 1.29 is 0 Å². The number of benzene rings is 10. The van der Waals surface area contributed by atoms with E-state index in [9.17, 15) is 0 Å². The van der Waals surface area contributed by atoms with Crippen LogP contribution in [0.3, 0.4) is 0 Å². The highest BCUT2D eigenvalue weighted by molar-refractivity contribution is 6.10. The minimum atomic E-state index is 1.11. The lowest BCUT2D eigenvalue weighted by Gasteiger charge is -2.27. The number of fused-ring (bicyclic) bond motifs is 7. The summed E-state index contributed by atoms with van der Waals surface area (Å²) in [5, 5.41) is 10.0. The van der Waals surface area contributed by atoms with Gasteiger partial charge in [-0.15, -0.1) is 0 Å². The fourth-order valence-electron chi connectivity index (χ4n) is 8.71. The standard InChI is InChI=1S/C54H36N2/c1-3-15-45-40(13-1)28-29-42-36-44(34-35-46(42)45)55(51-23-11-14-39-12-2-4-16-47(39)51)43-32-30-38(31-33-43)37-24-26-41(27-25-37)48-17-5-8-20-52(48)56-53-21-9-6-18-49(53)50-19-7-10-22-54(50)56/h1-36H. The molecule has 262 valence electrons. The van der Waals surface area contributed by atoms with Gasteiger partial charge in [0.25, 0.3) is 0 Å².